The number of rotatable bonds is 4. The minimum Gasteiger partial charge on any atom is -0.304 e. The summed E-state index contributed by atoms with van der Waals surface area (Å²) in [6.45, 7) is 0.809. The number of benzene rings is 2. The van der Waals surface area contributed by atoms with Crippen LogP contribution in [0.3, 0.4) is 0 Å². The maximum absolute atomic E-state index is 5.95. The molecule has 0 spiro atoms. The second kappa shape index (κ2) is 7.06. The molecule has 24 heavy (non-hydrogen) atoms. The highest BCUT2D eigenvalue weighted by atomic mass is 35.5. The number of nitrogens with one attached hydrogen (secondary N) is 1. The molecule has 4 heteroatoms. The van der Waals surface area contributed by atoms with Gasteiger partial charge in [-0.2, -0.15) is 0 Å². The maximum atomic E-state index is 5.95. The van der Waals surface area contributed by atoms with E-state index in [9.17, 15) is 0 Å². The number of hydrogen-bond acceptors (Lipinski definition) is 3. The zero-order valence-corrected chi connectivity index (χ0v) is 14.9. The Hall–Kier alpha value is -1.68. The third-order valence-corrected chi connectivity index (χ3v) is 5.73. The Morgan fingerprint density at radius 1 is 1.12 bits per heavy atom. The van der Waals surface area contributed by atoms with Crippen LogP contribution in [0.5, 0.6) is 0 Å². The van der Waals surface area contributed by atoms with Gasteiger partial charge in [-0.25, -0.2) is 4.98 Å². The van der Waals surface area contributed by atoms with Gasteiger partial charge in [0.1, 0.15) is 5.01 Å². The molecule has 0 aliphatic heterocycles. The summed E-state index contributed by atoms with van der Waals surface area (Å²) >= 11 is 7.64. The molecule has 1 N–H and O–H groups in total. The van der Waals surface area contributed by atoms with Crippen LogP contribution in [-0.4, -0.2) is 4.98 Å². The second-order valence-electron chi connectivity index (χ2n) is 6.18. The van der Waals surface area contributed by atoms with Crippen LogP contribution in [0.1, 0.15) is 35.7 Å². The van der Waals surface area contributed by atoms with Gasteiger partial charge < -0.3 is 5.32 Å². The van der Waals surface area contributed by atoms with E-state index in [1.165, 1.54) is 30.4 Å². The van der Waals surface area contributed by atoms with Crippen LogP contribution in [0.2, 0.25) is 5.02 Å². The lowest BCUT2D eigenvalue weighted by atomic mass is 9.88. The fourth-order valence-electron chi connectivity index (χ4n) is 3.31. The summed E-state index contributed by atoms with van der Waals surface area (Å²) in [7, 11) is 0. The molecule has 122 valence electrons. The lowest BCUT2D eigenvalue weighted by Crippen LogP contribution is -2.24. The van der Waals surface area contributed by atoms with Crippen molar-refractivity contribution < 1.29 is 0 Å². The van der Waals surface area contributed by atoms with Gasteiger partial charge in [0, 0.05) is 28.6 Å². The van der Waals surface area contributed by atoms with Gasteiger partial charge in [-0.3, -0.25) is 0 Å². The maximum Gasteiger partial charge on any atom is 0.123 e. The van der Waals surface area contributed by atoms with E-state index in [2.05, 4.69) is 35.0 Å². The molecule has 1 heterocycles. The summed E-state index contributed by atoms with van der Waals surface area (Å²) in [5.41, 5.74) is 5.17. The van der Waals surface area contributed by atoms with Gasteiger partial charge in [0.05, 0.1) is 5.69 Å². The molecule has 4 rings (SSSR count). The van der Waals surface area contributed by atoms with Crippen molar-refractivity contribution in [3.63, 3.8) is 0 Å². The Morgan fingerprint density at radius 3 is 2.83 bits per heavy atom. The molecule has 1 aliphatic carbocycles. The van der Waals surface area contributed by atoms with Crippen LogP contribution in [-0.2, 0) is 13.0 Å². The number of aryl methyl sites for hydroxylation is 1. The van der Waals surface area contributed by atoms with Gasteiger partial charge >= 0.3 is 0 Å². The Bertz CT molecular complexity index is 826. The second-order valence-corrected chi connectivity index (χ2v) is 7.47. The summed E-state index contributed by atoms with van der Waals surface area (Å²) in [5, 5.41) is 7.64. The highest BCUT2D eigenvalue weighted by Gasteiger charge is 2.19. The lowest BCUT2D eigenvalue weighted by molar-refractivity contribution is 0.457. The molecule has 1 aromatic heterocycles. The van der Waals surface area contributed by atoms with Crippen molar-refractivity contribution in [3.8, 4) is 10.6 Å². The van der Waals surface area contributed by atoms with Crippen LogP contribution >= 0.6 is 22.9 Å². The monoisotopic (exact) mass is 354 g/mol. The van der Waals surface area contributed by atoms with Gasteiger partial charge in [0.15, 0.2) is 0 Å². The fourth-order valence-corrected chi connectivity index (χ4v) is 4.26. The summed E-state index contributed by atoms with van der Waals surface area (Å²) < 4.78 is 0. The molecule has 1 atom stereocenters. The summed E-state index contributed by atoms with van der Waals surface area (Å²) in [6.07, 6.45) is 3.65. The normalized spacial score (nSPS) is 16.8. The molecule has 0 radical (unpaired) electrons. The number of fused-ring (bicyclic) bond motifs is 1. The first kappa shape index (κ1) is 15.8. The highest BCUT2D eigenvalue weighted by Crippen LogP contribution is 2.30. The first-order valence-corrected chi connectivity index (χ1v) is 9.57. The first-order valence-electron chi connectivity index (χ1n) is 8.31. The average Bonchev–Trinajstić information content (AvgIpc) is 3.09. The van der Waals surface area contributed by atoms with Crippen LogP contribution in [0.25, 0.3) is 10.6 Å². The van der Waals surface area contributed by atoms with Crippen molar-refractivity contribution >= 4 is 22.9 Å². The van der Waals surface area contributed by atoms with E-state index in [1.54, 1.807) is 11.3 Å². The first-order chi connectivity index (χ1) is 11.8. The summed E-state index contributed by atoms with van der Waals surface area (Å²) in [4.78, 5) is 4.76. The van der Waals surface area contributed by atoms with E-state index in [0.717, 1.165) is 27.8 Å². The van der Waals surface area contributed by atoms with Crippen molar-refractivity contribution in [1.82, 2.24) is 10.3 Å². The zero-order valence-electron chi connectivity index (χ0n) is 13.3. The molecule has 0 bridgehead atoms. The van der Waals surface area contributed by atoms with Crippen LogP contribution < -0.4 is 5.32 Å². The number of halogens is 1. The molecule has 0 fully saturated rings. The smallest absolute Gasteiger partial charge is 0.123 e. The predicted molar refractivity (Wildman–Crippen MR) is 102 cm³/mol. The van der Waals surface area contributed by atoms with Gasteiger partial charge in [0.2, 0.25) is 0 Å². The van der Waals surface area contributed by atoms with E-state index in [0.29, 0.717) is 6.04 Å². The Morgan fingerprint density at radius 2 is 1.96 bits per heavy atom. The average molecular weight is 355 g/mol. The van der Waals surface area contributed by atoms with E-state index in [4.69, 9.17) is 16.6 Å². The van der Waals surface area contributed by atoms with Crippen molar-refractivity contribution in [2.75, 3.05) is 0 Å². The minimum absolute atomic E-state index is 0.440. The molecule has 3 aromatic rings. The third kappa shape index (κ3) is 3.39. The Kier molecular flexibility index (Phi) is 4.65. The molecule has 0 saturated carbocycles. The fraction of sp³-hybridized carbons (Fsp3) is 0.250. The summed E-state index contributed by atoms with van der Waals surface area (Å²) in [5.74, 6) is 0. The minimum atomic E-state index is 0.440. The number of aromatic nitrogens is 1. The van der Waals surface area contributed by atoms with Crippen molar-refractivity contribution in [2.24, 2.45) is 0 Å². The third-order valence-electron chi connectivity index (χ3n) is 4.54. The standard InChI is InChI=1S/C20H19ClN2S/c21-16-10-8-15(9-11-16)20-23-17(13-24-20)12-22-19-7-3-5-14-4-1-2-6-18(14)19/h1-2,4,6,8-11,13,19,22H,3,5,7,12H2/t19-/m0/s1. The molecule has 0 amide bonds. The highest BCUT2D eigenvalue weighted by molar-refractivity contribution is 7.13. The molecule has 0 unspecified atom stereocenters. The molecular formula is C20H19ClN2S. The van der Waals surface area contributed by atoms with Crippen LogP contribution in [0.15, 0.2) is 53.9 Å². The zero-order chi connectivity index (χ0) is 16.4. The van der Waals surface area contributed by atoms with Crippen molar-refractivity contribution in [1.29, 1.82) is 0 Å². The number of thiazole rings is 1. The van der Waals surface area contributed by atoms with Gasteiger partial charge in [-0.1, -0.05) is 48.0 Å². The molecule has 2 nitrogen and oxygen atoms in total. The quantitative estimate of drug-likeness (QED) is 0.656. The lowest BCUT2D eigenvalue weighted by Gasteiger charge is -2.26. The largest absolute Gasteiger partial charge is 0.304 e. The number of hydrogen-bond donors (Lipinski definition) is 1. The van der Waals surface area contributed by atoms with E-state index in [1.807, 2.05) is 24.3 Å². The topological polar surface area (TPSA) is 24.9 Å². The number of nitrogens with zero attached hydrogens (tertiary/aromatic N) is 1. The van der Waals surface area contributed by atoms with E-state index < -0.39 is 0 Å². The Labute approximate surface area is 151 Å². The molecule has 1 aliphatic rings. The SMILES string of the molecule is Clc1ccc(-c2nc(CN[C@H]3CCCc4ccccc43)cs2)cc1. The van der Waals surface area contributed by atoms with Crippen molar-refractivity contribution in [3.05, 3.63) is 75.8 Å². The molecule has 2 aromatic carbocycles. The van der Waals surface area contributed by atoms with Crippen LogP contribution in [0.4, 0.5) is 0 Å². The van der Waals surface area contributed by atoms with E-state index in [-0.39, 0.29) is 0 Å². The van der Waals surface area contributed by atoms with Gasteiger partial charge in [0.25, 0.3) is 0 Å². The summed E-state index contributed by atoms with van der Waals surface area (Å²) in [6, 6.07) is 17.1. The van der Waals surface area contributed by atoms with Crippen molar-refractivity contribution in [2.45, 2.75) is 31.8 Å². The van der Waals surface area contributed by atoms with Gasteiger partial charge in [-0.05, 0) is 42.5 Å². The molecular weight excluding hydrogens is 336 g/mol. The van der Waals surface area contributed by atoms with E-state index >= 15 is 0 Å². The molecule has 0 saturated heterocycles. The van der Waals surface area contributed by atoms with Gasteiger partial charge in [-0.15, -0.1) is 11.3 Å². The van der Waals surface area contributed by atoms with Crippen LogP contribution in [0, 0.1) is 0 Å². The Balaban J connectivity index is 1.45. The predicted octanol–water partition coefficient (Wildman–Crippen LogP) is 5.63.